The summed E-state index contributed by atoms with van der Waals surface area (Å²) in [6.45, 7) is 0. The second-order valence-electron chi connectivity index (χ2n) is 7.85. The summed E-state index contributed by atoms with van der Waals surface area (Å²) in [4.78, 5) is 15.6. The summed E-state index contributed by atoms with van der Waals surface area (Å²) in [6, 6.07) is 20.3. The fourth-order valence-electron chi connectivity index (χ4n) is 4.47. The van der Waals surface area contributed by atoms with Crippen LogP contribution in [0.5, 0.6) is 0 Å². The largest absolute Gasteiger partial charge is 0.611 e. The van der Waals surface area contributed by atoms with Crippen LogP contribution in [0.25, 0.3) is 32.7 Å². The van der Waals surface area contributed by atoms with Crippen molar-refractivity contribution in [2.75, 3.05) is 0 Å². The van der Waals surface area contributed by atoms with Crippen LogP contribution in [-0.2, 0) is 11.2 Å². The molecule has 5 rings (SSSR count). The normalized spacial score (nSPS) is 16.3. The number of fused-ring (bicyclic) bond motifs is 2. The van der Waals surface area contributed by atoms with E-state index in [0.29, 0.717) is 10.6 Å². The predicted molar refractivity (Wildman–Crippen MR) is 121 cm³/mol. The van der Waals surface area contributed by atoms with E-state index in [9.17, 15) is 9.35 Å². The molecule has 0 saturated heterocycles. The Kier molecular flexibility index (Phi) is 4.90. The molecule has 146 valence electrons. The van der Waals surface area contributed by atoms with E-state index in [4.69, 9.17) is 0 Å². The highest BCUT2D eigenvalue weighted by atomic mass is 32.2. The fraction of sp³-hybridized carbons (Fsp3) is 0.240. The Hall–Kier alpha value is -2.56. The molecule has 0 radical (unpaired) electrons. The molecule has 0 aliphatic heterocycles. The Bertz CT molecular complexity index is 1240. The zero-order valence-corrected chi connectivity index (χ0v) is 17.0. The molecule has 1 N–H and O–H groups in total. The third kappa shape index (κ3) is 3.47. The Balaban J connectivity index is 1.56. The standard InChI is InChI=1S/C25H23NO2S/c27-25-24-11-9-18(15-19(24)13-14-26-25)22-8-4-5-17-16-21(10-12-23(17)22)29(28)20-6-2-1-3-7-20/h4-5,8-16,20H,1-3,6-7H2,(H,26,27). The van der Waals surface area contributed by atoms with Crippen molar-refractivity contribution in [1.82, 2.24) is 4.98 Å². The molecule has 1 fully saturated rings. The lowest BCUT2D eigenvalue weighted by atomic mass is 9.97. The van der Waals surface area contributed by atoms with Gasteiger partial charge in [0.2, 0.25) is 0 Å². The van der Waals surface area contributed by atoms with Crippen molar-refractivity contribution in [2.45, 2.75) is 42.2 Å². The molecule has 0 spiro atoms. The quantitative estimate of drug-likeness (QED) is 0.442. The first-order chi connectivity index (χ1) is 14.2. The first-order valence-corrected chi connectivity index (χ1v) is 11.5. The number of H-pyrrole nitrogens is 1. The highest BCUT2D eigenvalue weighted by Crippen LogP contribution is 2.34. The molecule has 1 unspecified atom stereocenters. The lowest BCUT2D eigenvalue weighted by Crippen LogP contribution is -2.24. The summed E-state index contributed by atoms with van der Waals surface area (Å²) >= 11 is -0.936. The molecular weight excluding hydrogens is 378 g/mol. The van der Waals surface area contributed by atoms with E-state index in [-0.39, 0.29) is 5.56 Å². The van der Waals surface area contributed by atoms with E-state index in [0.717, 1.165) is 45.0 Å². The Morgan fingerprint density at radius 2 is 1.66 bits per heavy atom. The van der Waals surface area contributed by atoms with Crippen molar-refractivity contribution >= 4 is 32.7 Å². The fourth-order valence-corrected chi connectivity index (χ4v) is 6.06. The second kappa shape index (κ2) is 7.69. The van der Waals surface area contributed by atoms with E-state index < -0.39 is 11.2 Å². The topological polar surface area (TPSA) is 55.9 Å². The van der Waals surface area contributed by atoms with Crippen molar-refractivity contribution in [3.8, 4) is 11.1 Å². The number of benzene rings is 3. The van der Waals surface area contributed by atoms with Gasteiger partial charge in [0.1, 0.15) is 5.25 Å². The van der Waals surface area contributed by atoms with E-state index >= 15 is 0 Å². The molecule has 1 saturated carbocycles. The molecule has 4 heteroatoms. The highest BCUT2D eigenvalue weighted by molar-refractivity contribution is 7.92. The zero-order valence-electron chi connectivity index (χ0n) is 16.2. The van der Waals surface area contributed by atoms with E-state index in [1.54, 1.807) is 6.20 Å². The highest BCUT2D eigenvalue weighted by Gasteiger charge is 2.27. The molecule has 0 bridgehead atoms. The van der Waals surface area contributed by atoms with Crippen LogP contribution in [0.3, 0.4) is 0 Å². The lowest BCUT2D eigenvalue weighted by Gasteiger charge is -2.24. The summed E-state index contributed by atoms with van der Waals surface area (Å²) in [6.07, 6.45) is 7.48. The van der Waals surface area contributed by atoms with Crippen molar-refractivity contribution in [3.63, 3.8) is 0 Å². The minimum atomic E-state index is -0.936. The number of pyridine rings is 1. The lowest BCUT2D eigenvalue weighted by molar-refractivity contribution is 0.483. The van der Waals surface area contributed by atoms with Gasteiger partial charge in [0.15, 0.2) is 4.90 Å². The van der Waals surface area contributed by atoms with Crippen LogP contribution in [0.15, 0.2) is 76.6 Å². The molecule has 1 aliphatic rings. The van der Waals surface area contributed by atoms with Gasteiger partial charge in [0.25, 0.3) is 5.56 Å². The molecule has 4 aromatic rings. The smallest absolute Gasteiger partial charge is 0.255 e. The van der Waals surface area contributed by atoms with Gasteiger partial charge in [-0.2, -0.15) is 0 Å². The molecule has 0 amide bonds. The van der Waals surface area contributed by atoms with Crippen LogP contribution in [0.1, 0.15) is 32.1 Å². The summed E-state index contributed by atoms with van der Waals surface area (Å²) in [5, 5.41) is 4.17. The maximum atomic E-state index is 13.1. The molecular formula is C25H23NO2S. The number of aromatic nitrogens is 1. The van der Waals surface area contributed by atoms with Crippen LogP contribution in [0, 0.1) is 0 Å². The molecule has 1 aromatic heterocycles. The van der Waals surface area contributed by atoms with Crippen LogP contribution in [-0.4, -0.2) is 14.8 Å². The summed E-state index contributed by atoms with van der Waals surface area (Å²) in [7, 11) is 0. The molecule has 3 nitrogen and oxygen atoms in total. The molecule has 1 aliphatic carbocycles. The molecule has 3 aromatic carbocycles. The van der Waals surface area contributed by atoms with Gasteiger partial charge in [-0.25, -0.2) is 0 Å². The summed E-state index contributed by atoms with van der Waals surface area (Å²) in [5.41, 5.74) is 2.14. The van der Waals surface area contributed by atoms with Crippen molar-refractivity contribution < 1.29 is 4.55 Å². The van der Waals surface area contributed by atoms with Crippen LogP contribution < -0.4 is 5.56 Å². The van der Waals surface area contributed by atoms with E-state index in [1.807, 2.05) is 30.3 Å². The maximum Gasteiger partial charge on any atom is 0.255 e. The number of rotatable bonds is 3. The van der Waals surface area contributed by atoms with Gasteiger partial charge in [-0.1, -0.05) is 30.7 Å². The van der Waals surface area contributed by atoms with Gasteiger partial charge in [-0.05, 0) is 94.5 Å². The van der Waals surface area contributed by atoms with Gasteiger partial charge in [-0.3, -0.25) is 4.79 Å². The Labute approximate surface area is 173 Å². The average molecular weight is 402 g/mol. The summed E-state index contributed by atoms with van der Waals surface area (Å²) < 4.78 is 13.1. The molecule has 1 heterocycles. The van der Waals surface area contributed by atoms with E-state index in [1.165, 1.54) is 19.3 Å². The number of aromatic amines is 1. The average Bonchev–Trinajstić information content (AvgIpc) is 2.78. The van der Waals surface area contributed by atoms with Crippen molar-refractivity contribution in [2.24, 2.45) is 0 Å². The van der Waals surface area contributed by atoms with Crippen LogP contribution in [0.4, 0.5) is 0 Å². The van der Waals surface area contributed by atoms with Gasteiger partial charge < -0.3 is 9.54 Å². The van der Waals surface area contributed by atoms with E-state index in [2.05, 4.69) is 35.3 Å². The van der Waals surface area contributed by atoms with Crippen LogP contribution in [0.2, 0.25) is 0 Å². The van der Waals surface area contributed by atoms with Gasteiger partial charge in [0.05, 0.1) is 0 Å². The number of nitrogens with one attached hydrogen (secondary N) is 1. The van der Waals surface area contributed by atoms with Crippen molar-refractivity contribution in [1.29, 1.82) is 0 Å². The SMILES string of the molecule is O=c1[nH]ccc2cc(-c3cccc4cc([S+]([O-])C5CCCCC5)ccc34)ccc12. The maximum absolute atomic E-state index is 13.1. The summed E-state index contributed by atoms with van der Waals surface area (Å²) in [5.74, 6) is 0. The minimum absolute atomic E-state index is 0.0678. The third-order valence-corrected chi connectivity index (χ3v) is 7.82. The number of hydrogen-bond donors (Lipinski definition) is 1. The van der Waals surface area contributed by atoms with Crippen LogP contribution >= 0.6 is 0 Å². The monoisotopic (exact) mass is 401 g/mol. The molecule has 29 heavy (non-hydrogen) atoms. The Morgan fingerprint density at radius 3 is 2.52 bits per heavy atom. The second-order valence-corrected chi connectivity index (χ2v) is 9.59. The number of hydrogen-bond acceptors (Lipinski definition) is 2. The third-order valence-electron chi connectivity index (χ3n) is 6.02. The Morgan fingerprint density at radius 1 is 0.862 bits per heavy atom. The minimum Gasteiger partial charge on any atom is -0.611 e. The van der Waals surface area contributed by atoms with Gasteiger partial charge in [-0.15, -0.1) is 0 Å². The first-order valence-electron chi connectivity index (χ1n) is 10.3. The van der Waals surface area contributed by atoms with Gasteiger partial charge in [0, 0.05) is 17.6 Å². The predicted octanol–water partition coefficient (Wildman–Crippen LogP) is 5.79. The van der Waals surface area contributed by atoms with Crippen molar-refractivity contribution in [3.05, 3.63) is 77.2 Å². The zero-order chi connectivity index (χ0) is 19.8. The first kappa shape index (κ1) is 18.5. The molecule has 1 atom stereocenters. The van der Waals surface area contributed by atoms with Gasteiger partial charge >= 0.3 is 0 Å².